The van der Waals surface area contributed by atoms with Crippen molar-refractivity contribution >= 4 is 22.9 Å². The van der Waals surface area contributed by atoms with Crippen molar-refractivity contribution in [2.75, 3.05) is 29.9 Å². The van der Waals surface area contributed by atoms with Crippen molar-refractivity contribution in [1.29, 1.82) is 0 Å². The van der Waals surface area contributed by atoms with Crippen LogP contribution in [-0.2, 0) is 6.42 Å². The average Bonchev–Trinajstić information content (AvgIpc) is 3.28. The van der Waals surface area contributed by atoms with Crippen LogP contribution in [0.25, 0.3) is 5.65 Å². The van der Waals surface area contributed by atoms with Gasteiger partial charge in [-0.25, -0.2) is 9.50 Å². The molecule has 1 saturated heterocycles. The fraction of sp³-hybridized carbons (Fsp3) is 0.435. The number of carbonyl (C=O) groups excluding carboxylic acids is 1. The maximum absolute atomic E-state index is 13.2. The van der Waals surface area contributed by atoms with Gasteiger partial charge in [0.2, 0.25) is 0 Å². The molecule has 0 spiro atoms. The van der Waals surface area contributed by atoms with E-state index in [1.54, 1.807) is 23.0 Å². The van der Waals surface area contributed by atoms with Gasteiger partial charge in [-0.1, -0.05) is 0 Å². The predicted molar refractivity (Wildman–Crippen MR) is 119 cm³/mol. The van der Waals surface area contributed by atoms with Gasteiger partial charge in [0, 0.05) is 43.5 Å². The average molecular weight is 438 g/mol. The van der Waals surface area contributed by atoms with Crippen LogP contribution in [0, 0.1) is 0 Å². The maximum Gasteiger partial charge on any atom is 0.261 e. The summed E-state index contributed by atoms with van der Waals surface area (Å²) in [6.45, 7) is 3.23. The van der Waals surface area contributed by atoms with E-state index in [0.717, 1.165) is 36.4 Å². The Morgan fingerprint density at radius 3 is 3.06 bits per heavy atom. The highest BCUT2D eigenvalue weighted by atomic mass is 16.5. The van der Waals surface area contributed by atoms with E-state index in [1.807, 2.05) is 19.1 Å². The van der Waals surface area contributed by atoms with E-state index in [9.17, 15) is 15.0 Å². The van der Waals surface area contributed by atoms with Crippen molar-refractivity contribution in [1.82, 2.24) is 14.6 Å². The summed E-state index contributed by atoms with van der Waals surface area (Å²) in [5.41, 5.74) is 2.66. The van der Waals surface area contributed by atoms with Gasteiger partial charge in [0.05, 0.1) is 30.3 Å². The molecule has 0 unspecified atom stereocenters. The van der Waals surface area contributed by atoms with Crippen LogP contribution in [0.4, 0.5) is 11.4 Å². The van der Waals surface area contributed by atoms with Crippen molar-refractivity contribution in [3.8, 4) is 5.75 Å². The summed E-state index contributed by atoms with van der Waals surface area (Å²) in [7, 11) is 0. The lowest BCUT2D eigenvalue weighted by molar-refractivity contribution is 0.0447. The zero-order chi connectivity index (χ0) is 22.3. The molecule has 9 nitrogen and oxygen atoms in total. The van der Waals surface area contributed by atoms with Gasteiger partial charge in [0.15, 0.2) is 5.65 Å². The van der Waals surface area contributed by atoms with E-state index in [1.165, 1.54) is 6.20 Å². The summed E-state index contributed by atoms with van der Waals surface area (Å²) in [4.78, 5) is 19.7. The van der Waals surface area contributed by atoms with Gasteiger partial charge in [0.1, 0.15) is 16.9 Å². The number of carbonyl (C=O) groups is 1. The van der Waals surface area contributed by atoms with Crippen LogP contribution in [0.15, 0.2) is 36.8 Å². The van der Waals surface area contributed by atoms with Crippen LogP contribution in [-0.4, -0.2) is 62.1 Å². The molecule has 0 saturated carbocycles. The Balaban J connectivity index is 1.51. The first kappa shape index (κ1) is 20.7. The summed E-state index contributed by atoms with van der Waals surface area (Å²) in [5, 5.41) is 27.1. The molecule has 1 amide bonds. The largest absolute Gasteiger partial charge is 0.484 e. The molecule has 2 aliphatic heterocycles. The van der Waals surface area contributed by atoms with E-state index < -0.39 is 5.60 Å². The molecule has 1 fully saturated rings. The number of nitrogens with zero attached hydrogens (tertiary/aromatic N) is 4. The Hall–Kier alpha value is -3.17. The second-order valence-corrected chi connectivity index (χ2v) is 8.84. The Morgan fingerprint density at radius 1 is 1.34 bits per heavy atom. The molecular weight excluding hydrogens is 410 g/mol. The number of aliphatic hydroxyl groups is 2. The van der Waals surface area contributed by atoms with E-state index in [-0.39, 0.29) is 18.6 Å². The van der Waals surface area contributed by atoms with Crippen molar-refractivity contribution < 1.29 is 19.7 Å². The monoisotopic (exact) mass is 437 g/mol. The van der Waals surface area contributed by atoms with Crippen molar-refractivity contribution in [3.63, 3.8) is 0 Å². The molecule has 9 heteroatoms. The molecular formula is C23H27N5O4. The van der Waals surface area contributed by atoms with E-state index >= 15 is 0 Å². The highest BCUT2D eigenvalue weighted by Crippen LogP contribution is 2.42. The highest BCUT2D eigenvalue weighted by molar-refractivity contribution is 6.09. The van der Waals surface area contributed by atoms with Crippen molar-refractivity contribution in [3.05, 3.63) is 47.9 Å². The molecule has 0 bridgehead atoms. The number of nitrogens with one attached hydrogen (secondary N) is 1. The molecule has 4 heterocycles. The predicted octanol–water partition coefficient (Wildman–Crippen LogP) is 2.02. The minimum atomic E-state index is -0.677. The topological polar surface area (TPSA) is 112 Å². The molecule has 32 heavy (non-hydrogen) atoms. The van der Waals surface area contributed by atoms with Gasteiger partial charge in [-0.2, -0.15) is 5.10 Å². The minimum absolute atomic E-state index is 0.0946. The third-order valence-corrected chi connectivity index (χ3v) is 6.24. The molecule has 0 radical (unpaired) electrons. The van der Waals surface area contributed by atoms with Crippen LogP contribution in [0.1, 0.15) is 42.1 Å². The lowest BCUT2D eigenvalue weighted by Gasteiger charge is -2.26. The summed E-state index contributed by atoms with van der Waals surface area (Å²) in [6, 6.07) is 5.63. The SMILES string of the molecule is C[C@@]1(CO)Cc2cc(NC(=O)c3cnn4cccnc34)c(N3CCC[C@@H](O)CC3)cc2O1. The number of aliphatic hydroxyl groups excluding tert-OH is 2. The van der Waals surface area contributed by atoms with E-state index in [2.05, 4.69) is 20.3 Å². The lowest BCUT2D eigenvalue weighted by Crippen LogP contribution is -2.34. The van der Waals surface area contributed by atoms with Crippen LogP contribution >= 0.6 is 0 Å². The molecule has 1 aromatic carbocycles. The molecule has 2 aliphatic rings. The Labute approximate surface area is 185 Å². The first-order valence-corrected chi connectivity index (χ1v) is 11.0. The molecule has 2 atom stereocenters. The summed E-state index contributed by atoms with van der Waals surface area (Å²) >= 11 is 0. The summed E-state index contributed by atoms with van der Waals surface area (Å²) < 4.78 is 7.62. The lowest BCUT2D eigenvalue weighted by atomic mass is 9.99. The van der Waals surface area contributed by atoms with Crippen LogP contribution < -0.4 is 15.0 Å². The minimum Gasteiger partial charge on any atom is -0.484 e. The Morgan fingerprint density at radius 2 is 2.22 bits per heavy atom. The molecule has 5 rings (SSSR count). The van der Waals surface area contributed by atoms with Gasteiger partial charge in [-0.15, -0.1) is 0 Å². The summed E-state index contributed by atoms with van der Waals surface area (Å²) in [6.07, 6.45) is 7.41. The first-order valence-electron chi connectivity index (χ1n) is 11.0. The molecule has 3 N–H and O–H groups in total. The van der Waals surface area contributed by atoms with E-state index in [4.69, 9.17) is 4.74 Å². The summed E-state index contributed by atoms with van der Waals surface area (Å²) in [5.74, 6) is 0.426. The maximum atomic E-state index is 13.2. The number of anilines is 2. The fourth-order valence-corrected chi connectivity index (χ4v) is 4.50. The van der Waals surface area contributed by atoms with Crippen molar-refractivity contribution in [2.45, 2.75) is 44.3 Å². The quantitative estimate of drug-likeness (QED) is 0.572. The van der Waals surface area contributed by atoms with Crippen LogP contribution in [0.3, 0.4) is 0 Å². The van der Waals surface area contributed by atoms with Gasteiger partial charge in [0.25, 0.3) is 5.91 Å². The third kappa shape index (κ3) is 3.78. The zero-order valence-electron chi connectivity index (χ0n) is 18.0. The van der Waals surface area contributed by atoms with Gasteiger partial charge in [-0.3, -0.25) is 4.79 Å². The number of hydrogen-bond donors (Lipinski definition) is 3. The third-order valence-electron chi connectivity index (χ3n) is 6.24. The zero-order valence-corrected chi connectivity index (χ0v) is 18.0. The fourth-order valence-electron chi connectivity index (χ4n) is 4.50. The standard InChI is InChI=1S/C23H27N5O4/c1-23(14-29)12-15-10-18(26-22(31)17-13-25-28-8-3-6-24-21(17)28)19(11-20(15)32-23)27-7-2-4-16(30)5-9-27/h3,6,8,10-11,13,16,29-30H,2,4-5,7,9,12,14H2,1H3,(H,26,31)/t16-,23+/m1/s1. The van der Waals surface area contributed by atoms with Gasteiger partial charge < -0.3 is 25.2 Å². The van der Waals surface area contributed by atoms with Gasteiger partial charge in [-0.05, 0) is 38.3 Å². The number of ether oxygens (including phenoxy) is 1. The number of amides is 1. The molecule has 2 aromatic heterocycles. The number of rotatable bonds is 4. The second-order valence-electron chi connectivity index (χ2n) is 8.84. The Kier molecular flexibility index (Phi) is 5.22. The number of hydrogen-bond acceptors (Lipinski definition) is 7. The smallest absolute Gasteiger partial charge is 0.261 e. The highest BCUT2D eigenvalue weighted by Gasteiger charge is 2.36. The molecule has 0 aliphatic carbocycles. The second kappa shape index (κ2) is 8.07. The number of benzene rings is 1. The number of aromatic nitrogens is 3. The molecule has 168 valence electrons. The van der Waals surface area contributed by atoms with Crippen LogP contribution in [0.2, 0.25) is 0 Å². The number of fused-ring (bicyclic) bond motifs is 2. The van der Waals surface area contributed by atoms with Gasteiger partial charge >= 0.3 is 0 Å². The normalized spacial score (nSPS) is 23.0. The van der Waals surface area contributed by atoms with Crippen molar-refractivity contribution in [2.24, 2.45) is 0 Å². The Bertz CT molecular complexity index is 1160. The molecule has 3 aromatic rings. The van der Waals surface area contributed by atoms with Crippen LogP contribution in [0.5, 0.6) is 5.75 Å². The van der Waals surface area contributed by atoms with E-state index in [0.29, 0.717) is 36.3 Å². The first-order chi connectivity index (χ1) is 15.5.